The Hall–Kier alpha value is -2.96. The number of thioether (sulfide) groups is 1. The van der Waals surface area contributed by atoms with Crippen molar-refractivity contribution in [2.45, 2.75) is 6.54 Å². The van der Waals surface area contributed by atoms with Crippen molar-refractivity contribution in [3.63, 3.8) is 0 Å². The molecule has 0 aliphatic carbocycles. The van der Waals surface area contributed by atoms with Crippen molar-refractivity contribution < 1.29 is 14.3 Å². The van der Waals surface area contributed by atoms with Gasteiger partial charge in [0, 0.05) is 34.2 Å². The molecular formula is C23H19ClN2O3S. The normalized spacial score (nSPS) is 15.4. The van der Waals surface area contributed by atoms with Gasteiger partial charge in [0.25, 0.3) is 11.1 Å². The predicted molar refractivity (Wildman–Crippen MR) is 122 cm³/mol. The summed E-state index contributed by atoms with van der Waals surface area (Å²) in [4.78, 5) is 26.2. The molecule has 7 heteroatoms. The molecule has 0 radical (unpaired) electrons. The third-order valence-corrected chi connectivity index (χ3v) is 5.87. The molecule has 0 unspecified atom stereocenters. The van der Waals surface area contributed by atoms with Crippen LogP contribution in [-0.4, -0.2) is 33.8 Å². The van der Waals surface area contributed by atoms with E-state index < -0.39 is 0 Å². The average molecular weight is 439 g/mol. The lowest BCUT2D eigenvalue weighted by molar-refractivity contribution is -0.122. The average Bonchev–Trinajstić information content (AvgIpc) is 3.22. The summed E-state index contributed by atoms with van der Waals surface area (Å²) < 4.78 is 7.90. The van der Waals surface area contributed by atoms with Gasteiger partial charge in [-0.15, -0.1) is 6.58 Å². The van der Waals surface area contributed by atoms with Gasteiger partial charge in [0.2, 0.25) is 0 Å². The van der Waals surface area contributed by atoms with Gasteiger partial charge in [-0.25, -0.2) is 0 Å². The molecule has 1 saturated heterocycles. The fourth-order valence-electron chi connectivity index (χ4n) is 3.30. The van der Waals surface area contributed by atoms with Crippen LogP contribution in [0.25, 0.3) is 17.0 Å². The number of hydrogen-bond donors (Lipinski definition) is 0. The molecule has 1 aliphatic rings. The second-order valence-electron chi connectivity index (χ2n) is 6.68. The first-order valence-electron chi connectivity index (χ1n) is 9.39. The summed E-state index contributed by atoms with van der Waals surface area (Å²) in [5.41, 5.74) is 1.93. The van der Waals surface area contributed by atoms with Crippen molar-refractivity contribution in [2.75, 3.05) is 13.2 Å². The van der Waals surface area contributed by atoms with Crippen LogP contribution in [0.15, 0.2) is 72.3 Å². The van der Waals surface area contributed by atoms with E-state index >= 15 is 0 Å². The first kappa shape index (κ1) is 20.3. The molecule has 152 valence electrons. The van der Waals surface area contributed by atoms with E-state index in [-0.39, 0.29) is 17.7 Å². The lowest BCUT2D eigenvalue weighted by Gasteiger charge is -2.08. The van der Waals surface area contributed by atoms with Crippen LogP contribution in [0.2, 0.25) is 5.02 Å². The first-order chi connectivity index (χ1) is 14.6. The third kappa shape index (κ3) is 4.15. The number of para-hydroxylation sites is 1. The zero-order valence-corrected chi connectivity index (χ0v) is 17.7. The lowest BCUT2D eigenvalue weighted by Crippen LogP contribution is -2.27. The van der Waals surface area contributed by atoms with Crippen molar-refractivity contribution in [2.24, 2.45) is 0 Å². The minimum absolute atomic E-state index is 0.214. The largest absolute Gasteiger partial charge is 0.492 e. The van der Waals surface area contributed by atoms with Crippen LogP contribution in [0, 0.1) is 0 Å². The molecule has 5 nitrogen and oxygen atoms in total. The summed E-state index contributed by atoms with van der Waals surface area (Å²) in [6.45, 7) is 4.93. The Morgan fingerprint density at radius 3 is 2.63 bits per heavy atom. The fourth-order valence-corrected chi connectivity index (χ4v) is 4.26. The van der Waals surface area contributed by atoms with Gasteiger partial charge >= 0.3 is 0 Å². The molecule has 2 amide bonds. The molecule has 0 spiro atoms. The zero-order chi connectivity index (χ0) is 21.1. The number of hydrogen-bond acceptors (Lipinski definition) is 4. The van der Waals surface area contributed by atoms with Crippen LogP contribution in [0.5, 0.6) is 5.75 Å². The number of nitrogens with zero attached hydrogens (tertiary/aromatic N) is 2. The van der Waals surface area contributed by atoms with Crippen molar-refractivity contribution in [3.8, 4) is 5.75 Å². The summed E-state index contributed by atoms with van der Waals surface area (Å²) >= 11 is 6.86. The summed E-state index contributed by atoms with van der Waals surface area (Å²) in [7, 11) is 0. The maximum absolute atomic E-state index is 12.5. The van der Waals surface area contributed by atoms with Gasteiger partial charge in [-0.2, -0.15) is 0 Å². The predicted octanol–water partition coefficient (Wildman–Crippen LogP) is 5.60. The number of rotatable bonds is 7. The fraction of sp³-hybridized carbons (Fsp3) is 0.130. The number of carbonyl (C=O) groups excluding carboxylic acids is 2. The topological polar surface area (TPSA) is 51.5 Å². The number of benzene rings is 2. The summed E-state index contributed by atoms with van der Waals surface area (Å²) in [6, 6.07) is 15.2. The van der Waals surface area contributed by atoms with E-state index in [1.807, 2.05) is 42.6 Å². The molecule has 3 aromatic rings. The van der Waals surface area contributed by atoms with E-state index in [2.05, 4.69) is 11.1 Å². The Balaban J connectivity index is 1.56. The second-order valence-corrected chi connectivity index (χ2v) is 8.11. The van der Waals surface area contributed by atoms with Crippen LogP contribution in [-0.2, 0) is 11.3 Å². The minimum Gasteiger partial charge on any atom is -0.492 e. The number of amides is 2. The molecule has 0 bridgehead atoms. The van der Waals surface area contributed by atoms with E-state index in [0.717, 1.165) is 34.0 Å². The van der Waals surface area contributed by atoms with Crippen molar-refractivity contribution >= 4 is 51.5 Å². The summed E-state index contributed by atoms with van der Waals surface area (Å²) in [5, 5.41) is 1.41. The van der Waals surface area contributed by atoms with Crippen LogP contribution in [0.3, 0.4) is 0 Å². The Morgan fingerprint density at radius 2 is 1.87 bits per heavy atom. The Bertz CT molecular complexity index is 1150. The monoisotopic (exact) mass is 438 g/mol. The highest BCUT2D eigenvalue weighted by Gasteiger charge is 2.34. The van der Waals surface area contributed by atoms with Gasteiger partial charge in [0.05, 0.1) is 11.4 Å². The quantitative estimate of drug-likeness (QED) is 0.356. The molecule has 0 N–H and O–H groups in total. The molecule has 0 atom stereocenters. The van der Waals surface area contributed by atoms with Gasteiger partial charge in [-0.1, -0.05) is 35.9 Å². The van der Waals surface area contributed by atoms with E-state index in [4.69, 9.17) is 16.3 Å². The van der Waals surface area contributed by atoms with Crippen molar-refractivity contribution in [3.05, 3.63) is 82.9 Å². The summed E-state index contributed by atoms with van der Waals surface area (Å²) in [6.07, 6.45) is 5.32. The number of ether oxygens (including phenoxy) is 1. The second kappa shape index (κ2) is 8.81. The number of carbonyl (C=O) groups is 2. The van der Waals surface area contributed by atoms with Gasteiger partial charge < -0.3 is 9.30 Å². The highest BCUT2D eigenvalue weighted by atomic mass is 35.5. The Labute approximate surface area is 183 Å². The van der Waals surface area contributed by atoms with Crippen LogP contribution < -0.4 is 4.74 Å². The Morgan fingerprint density at radius 1 is 1.10 bits per heavy atom. The highest BCUT2D eigenvalue weighted by Crippen LogP contribution is 2.34. The molecule has 1 fully saturated rings. The molecule has 4 rings (SSSR count). The number of halogens is 1. The number of aromatic nitrogens is 1. The molecular weight excluding hydrogens is 420 g/mol. The highest BCUT2D eigenvalue weighted by molar-refractivity contribution is 8.18. The molecule has 2 aromatic carbocycles. The molecule has 30 heavy (non-hydrogen) atoms. The zero-order valence-electron chi connectivity index (χ0n) is 16.1. The van der Waals surface area contributed by atoms with Gasteiger partial charge in [0.1, 0.15) is 12.4 Å². The van der Waals surface area contributed by atoms with Gasteiger partial charge in [-0.3, -0.25) is 14.5 Å². The molecule has 0 saturated carbocycles. The Kier molecular flexibility index (Phi) is 5.97. The number of imide groups is 1. The molecule has 2 heterocycles. The van der Waals surface area contributed by atoms with Crippen molar-refractivity contribution in [1.82, 2.24) is 9.47 Å². The molecule has 1 aromatic heterocycles. The number of fused-ring (bicyclic) bond motifs is 1. The first-order valence-corrected chi connectivity index (χ1v) is 10.6. The third-order valence-electron chi connectivity index (χ3n) is 4.71. The molecule has 1 aliphatic heterocycles. The van der Waals surface area contributed by atoms with Crippen LogP contribution in [0.4, 0.5) is 4.79 Å². The minimum atomic E-state index is -0.284. The van der Waals surface area contributed by atoms with E-state index in [1.54, 1.807) is 24.3 Å². The van der Waals surface area contributed by atoms with Crippen LogP contribution in [0.1, 0.15) is 5.56 Å². The SMILES string of the molecule is C=CCN1C(=O)S/C(=C\c2cn(CCOc3ccc(Cl)cc3)c3ccccc23)C1=O. The van der Waals surface area contributed by atoms with E-state index in [1.165, 1.54) is 4.90 Å². The maximum atomic E-state index is 12.5. The van der Waals surface area contributed by atoms with Crippen molar-refractivity contribution in [1.29, 1.82) is 0 Å². The van der Waals surface area contributed by atoms with E-state index in [9.17, 15) is 9.59 Å². The summed E-state index contributed by atoms with van der Waals surface area (Å²) in [5.74, 6) is 0.472. The van der Waals surface area contributed by atoms with E-state index in [0.29, 0.717) is 23.1 Å². The van der Waals surface area contributed by atoms with Crippen LogP contribution >= 0.6 is 23.4 Å². The van der Waals surface area contributed by atoms with Gasteiger partial charge in [-0.05, 0) is 48.2 Å². The van der Waals surface area contributed by atoms with Gasteiger partial charge in [0.15, 0.2) is 0 Å². The standard InChI is InChI=1S/C23H19ClN2O3S/c1-2-11-26-22(27)21(30-23(26)28)14-16-15-25(20-6-4-3-5-19(16)20)12-13-29-18-9-7-17(24)8-10-18/h2-10,14-15H,1,11-13H2/b21-14-. The lowest BCUT2D eigenvalue weighted by atomic mass is 10.1. The smallest absolute Gasteiger partial charge is 0.293 e. The maximum Gasteiger partial charge on any atom is 0.293 e.